The summed E-state index contributed by atoms with van der Waals surface area (Å²) in [4.78, 5) is 10.2. The van der Waals surface area contributed by atoms with Crippen LogP contribution < -0.4 is 40.0 Å². The number of carboxylic acids is 1. The van der Waals surface area contributed by atoms with Crippen molar-refractivity contribution in [3.63, 3.8) is 0 Å². The van der Waals surface area contributed by atoms with Crippen molar-refractivity contribution >= 4 is 5.97 Å². The number of carboxylic acid groups (broad SMARTS) is 1. The largest absolute Gasteiger partial charge is 1.00 e. The van der Waals surface area contributed by atoms with Gasteiger partial charge in [0.2, 0.25) is 0 Å². The quantitative estimate of drug-likeness (QED) is 0.398. The maximum absolute atomic E-state index is 10.2. The minimum absolute atomic E-state index is 0. The van der Waals surface area contributed by atoms with Crippen LogP contribution in [-0.4, -0.2) is 24.5 Å². The Morgan fingerprint density at radius 3 is 2.09 bits per heavy atom. The van der Waals surface area contributed by atoms with Gasteiger partial charge < -0.3 is 20.7 Å². The van der Waals surface area contributed by atoms with Crippen molar-refractivity contribution in [2.75, 3.05) is 13.1 Å². The van der Waals surface area contributed by atoms with Crippen molar-refractivity contribution in [1.29, 1.82) is 0 Å². The SMILES string of the molecule is O.O=C([O-])C1CCNCC1.[Na+]. The molecule has 0 saturated carbocycles. The molecule has 1 rings (SSSR count). The Morgan fingerprint density at radius 2 is 1.82 bits per heavy atom. The Bertz CT molecular complexity index is 114. The Morgan fingerprint density at radius 1 is 1.36 bits per heavy atom. The van der Waals surface area contributed by atoms with Gasteiger partial charge in [-0.25, -0.2) is 0 Å². The van der Waals surface area contributed by atoms with Crippen LogP contribution in [0.25, 0.3) is 0 Å². The van der Waals surface area contributed by atoms with E-state index < -0.39 is 5.97 Å². The third kappa shape index (κ3) is 4.76. The van der Waals surface area contributed by atoms with E-state index in [-0.39, 0.29) is 41.0 Å². The predicted molar refractivity (Wildman–Crippen MR) is 34.2 cm³/mol. The molecule has 3 N–H and O–H groups in total. The molecule has 0 spiro atoms. The number of piperidine rings is 1. The molecule has 60 valence electrons. The fourth-order valence-corrected chi connectivity index (χ4v) is 1.06. The summed E-state index contributed by atoms with van der Waals surface area (Å²) < 4.78 is 0. The normalized spacial score (nSPS) is 17.8. The van der Waals surface area contributed by atoms with Gasteiger partial charge in [-0.3, -0.25) is 0 Å². The van der Waals surface area contributed by atoms with Crippen LogP contribution in [-0.2, 0) is 4.79 Å². The summed E-state index contributed by atoms with van der Waals surface area (Å²) in [6, 6.07) is 0. The second kappa shape index (κ2) is 7.06. The Balaban J connectivity index is 0. The zero-order valence-corrected chi connectivity index (χ0v) is 8.72. The van der Waals surface area contributed by atoms with E-state index >= 15 is 0 Å². The first-order valence-corrected chi connectivity index (χ1v) is 3.22. The number of hydrogen-bond acceptors (Lipinski definition) is 3. The number of nitrogens with one attached hydrogen (secondary N) is 1. The molecule has 1 aliphatic heterocycles. The summed E-state index contributed by atoms with van der Waals surface area (Å²) in [5, 5.41) is 13.3. The van der Waals surface area contributed by atoms with Crippen LogP contribution in [0.4, 0.5) is 0 Å². The first kappa shape index (κ1) is 13.9. The minimum Gasteiger partial charge on any atom is -0.550 e. The molecule has 0 unspecified atom stereocenters. The summed E-state index contributed by atoms with van der Waals surface area (Å²) in [7, 11) is 0. The van der Waals surface area contributed by atoms with Crippen molar-refractivity contribution < 1.29 is 44.9 Å². The third-order valence-corrected chi connectivity index (χ3v) is 1.67. The van der Waals surface area contributed by atoms with Crippen molar-refractivity contribution in [2.24, 2.45) is 5.92 Å². The van der Waals surface area contributed by atoms with Crippen LogP contribution in [0.1, 0.15) is 12.8 Å². The molecule has 1 saturated heterocycles. The van der Waals surface area contributed by atoms with E-state index in [1.165, 1.54) is 0 Å². The molecule has 1 heterocycles. The average Bonchev–Trinajstić information content (AvgIpc) is 1.90. The van der Waals surface area contributed by atoms with Crippen LogP contribution in [0.3, 0.4) is 0 Å². The van der Waals surface area contributed by atoms with Gasteiger partial charge in [0.05, 0.1) is 0 Å². The molecule has 0 radical (unpaired) electrons. The summed E-state index contributed by atoms with van der Waals surface area (Å²) >= 11 is 0. The van der Waals surface area contributed by atoms with Crippen LogP contribution in [0.5, 0.6) is 0 Å². The summed E-state index contributed by atoms with van der Waals surface area (Å²) in [6.45, 7) is 1.64. The van der Waals surface area contributed by atoms with E-state index in [1.54, 1.807) is 0 Å². The van der Waals surface area contributed by atoms with Gasteiger partial charge in [-0.1, -0.05) is 0 Å². The van der Waals surface area contributed by atoms with Crippen LogP contribution >= 0.6 is 0 Å². The third-order valence-electron chi connectivity index (χ3n) is 1.67. The standard InChI is InChI=1S/C6H11NO2.Na.H2O/c8-6(9)5-1-3-7-4-2-5;;/h5,7H,1-4H2,(H,8,9);;1H2/q;+1;/p-1. The van der Waals surface area contributed by atoms with Crippen molar-refractivity contribution in [3.05, 3.63) is 0 Å². The topological polar surface area (TPSA) is 83.7 Å². The zero-order chi connectivity index (χ0) is 6.69. The average molecular weight is 169 g/mol. The molecule has 11 heavy (non-hydrogen) atoms. The summed E-state index contributed by atoms with van der Waals surface area (Å²) in [5.41, 5.74) is 0. The smallest absolute Gasteiger partial charge is 0.550 e. The van der Waals surface area contributed by atoms with E-state index in [0.717, 1.165) is 25.9 Å². The molecule has 0 amide bonds. The van der Waals surface area contributed by atoms with Gasteiger partial charge in [-0.2, -0.15) is 0 Å². The summed E-state index contributed by atoms with van der Waals surface area (Å²) in [6.07, 6.45) is 1.45. The Hall–Kier alpha value is 0.390. The van der Waals surface area contributed by atoms with Gasteiger partial charge in [0.1, 0.15) is 0 Å². The predicted octanol–water partition coefficient (Wildman–Crippen LogP) is -5.08. The van der Waals surface area contributed by atoms with Crippen molar-refractivity contribution in [3.8, 4) is 0 Å². The van der Waals surface area contributed by atoms with Gasteiger partial charge in [0, 0.05) is 11.9 Å². The Labute approximate surface area is 88.0 Å². The van der Waals surface area contributed by atoms with Gasteiger partial charge in [-0.05, 0) is 25.9 Å². The molecule has 5 heteroatoms. The molecule has 1 aliphatic rings. The van der Waals surface area contributed by atoms with Gasteiger partial charge >= 0.3 is 29.6 Å². The molecule has 0 aromatic rings. The maximum Gasteiger partial charge on any atom is 1.00 e. The first-order chi connectivity index (χ1) is 4.30. The van der Waals surface area contributed by atoms with Crippen LogP contribution in [0.2, 0.25) is 0 Å². The van der Waals surface area contributed by atoms with E-state index in [0.29, 0.717) is 0 Å². The van der Waals surface area contributed by atoms with Gasteiger partial charge in [0.25, 0.3) is 0 Å². The molecule has 0 aromatic carbocycles. The van der Waals surface area contributed by atoms with Crippen molar-refractivity contribution in [1.82, 2.24) is 5.32 Å². The van der Waals surface area contributed by atoms with Crippen LogP contribution in [0.15, 0.2) is 0 Å². The molecular weight excluding hydrogens is 157 g/mol. The monoisotopic (exact) mass is 169 g/mol. The first-order valence-electron chi connectivity index (χ1n) is 3.22. The number of aliphatic carboxylic acids is 1. The van der Waals surface area contributed by atoms with E-state index in [1.807, 2.05) is 0 Å². The van der Waals surface area contributed by atoms with Gasteiger partial charge in [-0.15, -0.1) is 0 Å². The molecular formula is C6H12NNaO3. The second-order valence-corrected chi connectivity index (χ2v) is 2.34. The fraction of sp³-hybridized carbons (Fsp3) is 0.833. The molecule has 0 aliphatic carbocycles. The molecule has 0 aromatic heterocycles. The molecule has 0 atom stereocenters. The second-order valence-electron chi connectivity index (χ2n) is 2.34. The number of carbonyl (C=O) groups excluding carboxylic acids is 1. The molecule has 0 bridgehead atoms. The summed E-state index contributed by atoms with van der Waals surface area (Å²) in [5.74, 6) is -1.09. The van der Waals surface area contributed by atoms with E-state index in [2.05, 4.69) is 5.32 Å². The molecule has 4 nitrogen and oxygen atoms in total. The maximum atomic E-state index is 10.2. The van der Waals surface area contributed by atoms with Crippen LogP contribution in [0, 0.1) is 5.92 Å². The zero-order valence-electron chi connectivity index (χ0n) is 6.72. The molecule has 1 fully saturated rings. The minimum atomic E-state index is -0.892. The van der Waals surface area contributed by atoms with Crippen molar-refractivity contribution in [2.45, 2.75) is 12.8 Å². The Kier molecular flexibility index (Phi) is 8.95. The number of carbonyl (C=O) groups is 1. The van der Waals surface area contributed by atoms with E-state index in [9.17, 15) is 9.90 Å². The van der Waals surface area contributed by atoms with E-state index in [4.69, 9.17) is 0 Å². The van der Waals surface area contributed by atoms with Gasteiger partial charge in [0.15, 0.2) is 0 Å². The number of rotatable bonds is 1. The number of hydrogen-bond donors (Lipinski definition) is 1. The fourth-order valence-electron chi connectivity index (χ4n) is 1.06.